The average molecular weight is 458 g/mol. The van der Waals surface area contributed by atoms with Gasteiger partial charge in [-0.05, 0) is 55.7 Å². The third kappa shape index (κ3) is 4.90. The highest BCUT2D eigenvalue weighted by molar-refractivity contribution is 6.36. The first-order valence-corrected chi connectivity index (χ1v) is 10.5. The van der Waals surface area contributed by atoms with Crippen LogP contribution in [0.15, 0.2) is 36.4 Å². The van der Waals surface area contributed by atoms with Crippen molar-refractivity contribution < 1.29 is 14.4 Å². The SMILES string of the molecule is CC(C)(C(=O)NCc1cc(Cl)c(C2CCC(=O)NC2=O)c(Cl)c1)c1ccc(C#N)cc1. The second-order valence-electron chi connectivity index (χ2n) is 7.97. The van der Waals surface area contributed by atoms with E-state index in [9.17, 15) is 14.4 Å². The maximum atomic E-state index is 12.8. The molecular formula is C23H21Cl2N3O3. The van der Waals surface area contributed by atoms with Crippen LogP contribution < -0.4 is 10.6 Å². The molecule has 2 aromatic carbocycles. The maximum Gasteiger partial charge on any atom is 0.234 e. The first-order valence-electron chi connectivity index (χ1n) is 9.74. The first-order chi connectivity index (χ1) is 14.6. The molecular weight excluding hydrogens is 437 g/mol. The minimum Gasteiger partial charge on any atom is -0.351 e. The van der Waals surface area contributed by atoms with Gasteiger partial charge >= 0.3 is 0 Å². The molecule has 0 spiro atoms. The Hall–Kier alpha value is -2.88. The minimum absolute atomic E-state index is 0.196. The number of rotatable bonds is 5. The lowest BCUT2D eigenvalue weighted by atomic mass is 9.83. The number of nitrogens with one attached hydrogen (secondary N) is 2. The van der Waals surface area contributed by atoms with E-state index in [1.54, 1.807) is 50.2 Å². The highest BCUT2D eigenvalue weighted by Crippen LogP contribution is 2.37. The standard InChI is InChI=1S/C23H21Cl2N3O3/c1-23(2,15-5-3-13(11-26)4-6-15)22(31)27-12-14-9-17(24)20(18(25)10-14)16-7-8-19(29)28-21(16)30/h3-6,9-10,16H,7-8,12H2,1-2H3,(H,27,31)(H,28,29,30). The minimum atomic E-state index is -0.811. The first kappa shape index (κ1) is 22.8. The number of halogens is 2. The van der Waals surface area contributed by atoms with Crippen LogP contribution in [0.4, 0.5) is 0 Å². The molecule has 0 aromatic heterocycles. The van der Waals surface area contributed by atoms with Crippen molar-refractivity contribution in [2.45, 2.75) is 44.6 Å². The second kappa shape index (κ2) is 9.09. The van der Waals surface area contributed by atoms with Crippen LogP contribution in [0.2, 0.25) is 10.0 Å². The molecule has 160 valence electrons. The molecule has 2 aromatic rings. The number of benzene rings is 2. The zero-order valence-corrected chi connectivity index (χ0v) is 18.6. The predicted octanol–water partition coefficient (Wildman–Crippen LogP) is 3.98. The Kier molecular flexibility index (Phi) is 6.68. The van der Waals surface area contributed by atoms with Crippen molar-refractivity contribution in [3.8, 4) is 6.07 Å². The molecule has 1 aliphatic heterocycles. The third-order valence-electron chi connectivity index (χ3n) is 5.48. The van der Waals surface area contributed by atoms with Crippen LogP contribution in [-0.4, -0.2) is 17.7 Å². The summed E-state index contributed by atoms with van der Waals surface area (Å²) in [5.41, 5.74) is 1.68. The van der Waals surface area contributed by atoms with Gasteiger partial charge in [-0.1, -0.05) is 35.3 Å². The molecule has 0 saturated carbocycles. The van der Waals surface area contributed by atoms with E-state index in [1.807, 2.05) is 0 Å². The van der Waals surface area contributed by atoms with Gasteiger partial charge in [0.15, 0.2) is 0 Å². The lowest BCUT2D eigenvalue weighted by Crippen LogP contribution is -2.40. The van der Waals surface area contributed by atoms with Gasteiger partial charge in [0.2, 0.25) is 17.7 Å². The van der Waals surface area contributed by atoms with Crippen LogP contribution in [-0.2, 0) is 26.3 Å². The zero-order chi connectivity index (χ0) is 22.8. The molecule has 0 bridgehead atoms. The number of imide groups is 1. The Bertz CT molecular complexity index is 1070. The molecule has 3 amide bonds. The molecule has 0 radical (unpaired) electrons. The summed E-state index contributed by atoms with van der Waals surface area (Å²) >= 11 is 12.8. The smallest absolute Gasteiger partial charge is 0.234 e. The van der Waals surface area contributed by atoms with Crippen molar-refractivity contribution in [3.05, 3.63) is 68.7 Å². The van der Waals surface area contributed by atoms with E-state index in [0.717, 1.165) is 5.56 Å². The number of hydrogen-bond donors (Lipinski definition) is 2. The van der Waals surface area contributed by atoms with Crippen LogP contribution in [0.1, 0.15) is 54.9 Å². The van der Waals surface area contributed by atoms with E-state index in [2.05, 4.69) is 16.7 Å². The molecule has 0 aliphatic carbocycles. The van der Waals surface area contributed by atoms with Crippen molar-refractivity contribution >= 4 is 40.9 Å². The zero-order valence-electron chi connectivity index (χ0n) is 17.1. The normalized spacial score (nSPS) is 16.4. The summed E-state index contributed by atoms with van der Waals surface area (Å²) in [6.45, 7) is 3.80. The topological polar surface area (TPSA) is 99.1 Å². The number of amides is 3. The maximum absolute atomic E-state index is 12.8. The van der Waals surface area contributed by atoms with Gasteiger partial charge in [0, 0.05) is 28.6 Å². The Balaban J connectivity index is 1.73. The van der Waals surface area contributed by atoms with E-state index in [1.165, 1.54) is 0 Å². The summed E-state index contributed by atoms with van der Waals surface area (Å²) in [5, 5.41) is 14.8. The lowest BCUT2D eigenvalue weighted by molar-refractivity contribution is -0.134. The van der Waals surface area contributed by atoms with Crippen LogP contribution in [0.3, 0.4) is 0 Å². The van der Waals surface area contributed by atoms with Crippen molar-refractivity contribution in [3.63, 3.8) is 0 Å². The molecule has 1 atom stereocenters. The van der Waals surface area contributed by atoms with E-state index >= 15 is 0 Å². The van der Waals surface area contributed by atoms with Crippen LogP contribution >= 0.6 is 23.2 Å². The molecule has 6 nitrogen and oxygen atoms in total. The Labute approximate surface area is 190 Å². The van der Waals surface area contributed by atoms with E-state index in [-0.39, 0.29) is 24.8 Å². The van der Waals surface area contributed by atoms with E-state index < -0.39 is 17.2 Å². The summed E-state index contributed by atoms with van der Waals surface area (Å²) in [6.07, 6.45) is 0.574. The Morgan fingerprint density at radius 2 is 1.81 bits per heavy atom. The van der Waals surface area contributed by atoms with Gasteiger partial charge in [-0.25, -0.2) is 0 Å². The van der Waals surface area contributed by atoms with Crippen molar-refractivity contribution in [1.82, 2.24) is 10.6 Å². The van der Waals surface area contributed by atoms with Crippen LogP contribution in [0.25, 0.3) is 0 Å². The lowest BCUT2D eigenvalue weighted by Gasteiger charge is -2.25. The molecule has 1 aliphatic rings. The molecule has 2 N–H and O–H groups in total. The van der Waals surface area contributed by atoms with Gasteiger partial charge in [0.05, 0.1) is 23.0 Å². The monoisotopic (exact) mass is 457 g/mol. The largest absolute Gasteiger partial charge is 0.351 e. The Morgan fingerprint density at radius 1 is 1.19 bits per heavy atom. The summed E-state index contributed by atoms with van der Waals surface area (Å²) in [7, 11) is 0. The second-order valence-corrected chi connectivity index (χ2v) is 8.79. The van der Waals surface area contributed by atoms with Gasteiger partial charge in [-0.15, -0.1) is 0 Å². The molecule has 8 heteroatoms. The molecule has 31 heavy (non-hydrogen) atoms. The van der Waals surface area contributed by atoms with Gasteiger partial charge in [-0.3, -0.25) is 19.7 Å². The van der Waals surface area contributed by atoms with E-state index in [0.29, 0.717) is 33.2 Å². The summed E-state index contributed by atoms with van der Waals surface area (Å²) in [5.74, 6) is -1.50. The Morgan fingerprint density at radius 3 is 2.35 bits per heavy atom. The quantitative estimate of drug-likeness (QED) is 0.663. The number of nitrogens with zero attached hydrogens (tertiary/aromatic N) is 1. The fourth-order valence-corrected chi connectivity index (χ4v) is 4.33. The van der Waals surface area contributed by atoms with Gasteiger partial charge in [0.1, 0.15) is 0 Å². The number of hydrogen-bond acceptors (Lipinski definition) is 4. The molecule has 1 unspecified atom stereocenters. The van der Waals surface area contributed by atoms with Gasteiger partial charge in [0.25, 0.3) is 0 Å². The fraction of sp³-hybridized carbons (Fsp3) is 0.304. The highest BCUT2D eigenvalue weighted by atomic mass is 35.5. The highest BCUT2D eigenvalue weighted by Gasteiger charge is 2.32. The van der Waals surface area contributed by atoms with Crippen molar-refractivity contribution in [2.24, 2.45) is 0 Å². The number of carbonyl (C=O) groups excluding carboxylic acids is 3. The number of carbonyl (C=O) groups is 3. The predicted molar refractivity (Wildman–Crippen MR) is 118 cm³/mol. The van der Waals surface area contributed by atoms with Crippen LogP contribution in [0.5, 0.6) is 0 Å². The molecule has 1 fully saturated rings. The van der Waals surface area contributed by atoms with Crippen molar-refractivity contribution in [1.29, 1.82) is 5.26 Å². The molecule has 3 rings (SSSR count). The van der Waals surface area contributed by atoms with Gasteiger partial charge in [-0.2, -0.15) is 5.26 Å². The number of nitriles is 1. The summed E-state index contributed by atoms with van der Waals surface area (Å²) in [6, 6.07) is 12.3. The number of piperidine rings is 1. The van der Waals surface area contributed by atoms with E-state index in [4.69, 9.17) is 28.5 Å². The summed E-state index contributed by atoms with van der Waals surface area (Å²) < 4.78 is 0. The summed E-state index contributed by atoms with van der Waals surface area (Å²) in [4.78, 5) is 36.4. The molecule has 1 saturated heterocycles. The van der Waals surface area contributed by atoms with Crippen molar-refractivity contribution in [2.75, 3.05) is 0 Å². The fourth-order valence-electron chi connectivity index (χ4n) is 3.54. The average Bonchev–Trinajstić information content (AvgIpc) is 2.73. The third-order valence-corrected chi connectivity index (χ3v) is 6.11. The van der Waals surface area contributed by atoms with Gasteiger partial charge < -0.3 is 5.32 Å². The molecule has 1 heterocycles. The van der Waals surface area contributed by atoms with Crippen LogP contribution in [0, 0.1) is 11.3 Å².